The van der Waals surface area contributed by atoms with Crippen LogP contribution in [0.5, 0.6) is 0 Å². The molecule has 1 aliphatic carbocycles. The maximum atomic E-state index is 12.9. The molecule has 1 aromatic carbocycles. The SMILES string of the molecule is Cc1ccc2nc(-c3ccccc3C)c(NC(=O)C3CCCCC3)n2c1. The van der Waals surface area contributed by atoms with E-state index in [0.29, 0.717) is 0 Å². The predicted molar refractivity (Wildman–Crippen MR) is 105 cm³/mol. The molecule has 0 unspecified atom stereocenters. The molecule has 26 heavy (non-hydrogen) atoms. The second kappa shape index (κ2) is 6.94. The van der Waals surface area contributed by atoms with Gasteiger partial charge in [0.1, 0.15) is 17.2 Å². The predicted octanol–water partition coefficient (Wildman–Crippen LogP) is 5.14. The topological polar surface area (TPSA) is 46.4 Å². The molecule has 2 heterocycles. The molecule has 0 atom stereocenters. The number of amides is 1. The van der Waals surface area contributed by atoms with E-state index in [9.17, 15) is 4.79 Å². The van der Waals surface area contributed by atoms with Gasteiger partial charge in [0.2, 0.25) is 5.91 Å². The van der Waals surface area contributed by atoms with Crippen LogP contribution < -0.4 is 5.32 Å². The third-order valence-electron chi connectivity index (χ3n) is 5.38. The molecule has 3 aromatic rings. The second-order valence-corrected chi connectivity index (χ2v) is 7.38. The van der Waals surface area contributed by atoms with E-state index < -0.39 is 0 Å². The summed E-state index contributed by atoms with van der Waals surface area (Å²) in [5, 5.41) is 3.22. The monoisotopic (exact) mass is 347 g/mol. The zero-order chi connectivity index (χ0) is 18.1. The molecule has 4 nitrogen and oxygen atoms in total. The summed E-state index contributed by atoms with van der Waals surface area (Å²) in [6.07, 6.45) is 7.56. The fourth-order valence-electron chi connectivity index (χ4n) is 3.88. The van der Waals surface area contributed by atoms with Crippen LogP contribution in [0.1, 0.15) is 43.2 Å². The lowest BCUT2D eigenvalue weighted by Crippen LogP contribution is -2.25. The van der Waals surface area contributed by atoms with Gasteiger partial charge in [-0.25, -0.2) is 4.98 Å². The van der Waals surface area contributed by atoms with Gasteiger partial charge in [-0.2, -0.15) is 0 Å². The first-order chi connectivity index (χ1) is 12.6. The molecule has 1 aliphatic rings. The molecule has 1 N–H and O–H groups in total. The van der Waals surface area contributed by atoms with Crippen LogP contribution >= 0.6 is 0 Å². The average molecular weight is 347 g/mol. The molecule has 1 fully saturated rings. The first-order valence-electron chi connectivity index (χ1n) is 9.49. The first-order valence-corrected chi connectivity index (χ1v) is 9.49. The summed E-state index contributed by atoms with van der Waals surface area (Å²) >= 11 is 0. The molecule has 0 saturated heterocycles. The van der Waals surface area contributed by atoms with Crippen molar-refractivity contribution in [3.8, 4) is 11.3 Å². The normalized spacial score (nSPS) is 15.3. The number of fused-ring (bicyclic) bond motifs is 1. The number of aryl methyl sites for hydroxylation is 2. The summed E-state index contributed by atoms with van der Waals surface area (Å²) in [7, 11) is 0. The van der Waals surface area contributed by atoms with Crippen molar-refractivity contribution in [3.05, 3.63) is 53.7 Å². The van der Waals surface area contributed by atoms with Crippen molar-refractivity contribution in [1.82, 2.24) is 9.38 Å². The van der Waals surface area contributed by atoms with E-state index in [-0.39, 0.29) is 11.8 Å². The van der Waals surface area contributed by atoms with Crippen LogP contribution in [0.4, 0.5) is 5.82 Å². The Morgan fingerprint density at radius 1 is 1.08 bits per heavy atom. The number of imidazole rings is 1. The van der Waals surface area contributed by atoms with Gasteiger partial charge in [-0.15, -0.1) is 0 Å². The number of carbonyl (C=O) groups excluding carboxylic acids is 1. The average Bonchev–Trinajstić information content (AvgIpc) is 3.00. The van der Waals surface area contributed by atoms with Gasteiger partial charge in [-0.1, -0.05) is 49.6 Å². The Labute approximate surface area is 154 Å². The number of anilines is 1. The van der Waals surface area contributed by atoms with E-state index in [1.165, 1.54) is 6.42 Å². The molecule has 0 radical (unpaired) electrons. The molecule has 4 heteroatoms. The number of aromatic nitrogens is 2. The minimum Gasteiger partial charge on any atom is -0.310 e. The van der Waals surface area contributed by atoms with Crippen LogP contribution in [0.15, 0.2) is 42.6 Å². The van der Waals surface area contributed by atoms with Crippen molar-refractivity contribution < 1.29 is 4.79 Å². The number of rotatable bonds is 3. The molecule has 2 aromatic heterocycles. The van der Waals surface area contributed by atoms with E-state index in [2.05, 4.69) is 37.4 Å². The maximum absolute atomic E-state index is 12.9. The first kappa shape index (κ1) is 16.8. The number of pyridine rings is 1. The van der Waals surface area contributed by atoms with E-state index in [1.54, 1.807) is 0 Å². The fraction of sp³-hybridized carbons (Fsp3) is 0.364. The van der Waals surface area contributed by atoms with Gasteiger partial charge in [0.15, 0.2) is 0 Å². The van der Waals surface area contributed by atoms with E-state index in [0.717, 1.165) is 59.5 Å². The van der Waals surface area contributed by atoms with Crippen LogP contribution in [-0.2, 0) is 4.79 Å². The highest BCUT2D eigenvalue weighted by molar-refractivity contribution is 5.96. The third-order valence-corrected chi connectivity index (χ3v) is 5.38. The van der Waals surface area contributed by atoms with Gasteiger partial charge in [-0.3, -0.25) is 9.20 Å². The summed E-state index contributed by atoms with van der Waals surface area (Å²) in [4.78, 5) is 17.7. The number of hydrogen-bond donors (Lipinski definition) is 1. The van der Waals surface area contributed by atoms with E-state index >= 15 is 0 Å². The molecule has 0 aliphatic heterocycles. The van der Waals surface area contributed by atoms with Gasteiger partial charge < -0.3 is 5.32 Å². The molecule has 1 saturated carbocycles. The molecule has 0 bridgehead atoms. The minimum absolute atomic E-state index is 0.115. The van der Waals surface area contributed by atoms with Crippen molar-refractivity contribution in [3.63, 3.8) is 0 Å². The lowest BCUT2D eigenvalue weighted by molar-refractivity contribution is -0.120. The lowest BCUT2D eigenvalue weighted by Gasteiger charge is -2.21. The Morgan fingerprint density at radius 3 is 2.62 bits per heavy atom. The van der Waals surface area contributed by atoms with Gasteiger partial charge >= 0.3 is 0 Å². The van der Waals surface area contributed by atoms with Gasteiger partial charge in [0.25, 0.3) is 0 Å². The van der Waals surface area contributed by atoms with Crippen molar-refractivity contribution in [2.24, 2.45) is 5.92 Å². The van der Waals surface area contributed by atoms with Crippen LogP contribution in [0.2, 0.25) is 0 Å². The molecule has 134 valence electrons. The zero-order valence-corrected chi connectivity index (χ0v) is 15.5. The van der Waals surface area contributed by atoms with Crippen LogP contribution in [0.3, 0.4) is 0 Å². The van der Waals surface area contributed by atoms with Crippen LogP contribution in [0.25, 0.3) is 16.9 Å². The molecule has 0 spiro atoms. The zero-order valence-electron chi connectivity index (χ0n) is 15.5. The Balaban J connectivity index is 1.80. The number of nitrogens with one attached hydrogen (secondary N) is 1. The quantitative estimate of drug-likeness (QED) is 0.713. The minimum atomic E-state index is 0.115. The fourth-order valence-corrected chi connectivity index (χ4v) is 3.88. The highest BCUT2D eigenvalue weighted by atomic mass is 16.2. The summed E-state index contributed by atoms with van der Waals surface area (Å²) in [5.41, 5.74) is 5.05. The third kappa shape index (κ3) is 3.12. The van der Waals surface area contributed by atoms with Crippen molar-refractivity contribution >= 4 is 17.4 Å². The van der Waals surface area contributed by atoms with Crippen LogP contribution in [0, 0.1) is 19.8 Å². The molecular weight excluding hydrogens is 322 g/mol. The molecular formula is C22H25N3O. The highest BCUT2D eigenvalue weighted by Crippen LogP contribution is 2.32. The maximum Gasteiger partial charge on any atom is 0.228 e. The number of carbonyl (C=O) groups is 1. The lowest BCUT2D eigenvalue weighted by atomic mass is 9.88. The van der Waals surface area contributed by atoms with Crippen LogP contribution in [-0.4, -0.2) is 15.3 Å². The van der Waals surface area contributed by atoms with E-state index in [1.807, 2.05) is 28.8 Å². The number of benzene rings is 1. The smallest absolute Gasteiger partial charge is 0.228 e. The largest absolute Gasteiger partial charge is 0.310 e. The Kier molecular flexibility index (Phi) is 4.49. The van der Waals surface area contributed by atoms with E-state index in [4.69, 9.17) is 4.98 Å². The second-order valence-electron chi connectivity index (χ2n) is 7.38. The summed E-state index contributed by atoms with van der Waals surface area (Å²) in [6, 6.07) is 12.3. The molecule has 1 amide bonds. The number of hydrogen-bond acceptors (Lipinski definition) is 2. The Hall–Kier alpha value is -2.62. The van der Waals surface area contributed by atoms with Gasteiger partial charge in [0.05, 0.1) is 0 Å². The number of nitrogens with zero attached hydrogens (tertiary/aromatic N) is 2. The Bertz CT molecular complexity index is 951. The van der Waals surface area contributed by atoms with Gasteiger partial charge in [-0.05, 0) is 43.9 Å². The summed E-state index contributed by atoms with van der Waals surface area (Å²) in [6.45, 7) is 4.14. The standard InChI is InChI=1S/C22H25N3O/c1-15-12-13-19-23-20(18-11-7-6-8-16(18)2)21(25(19)14-15)24-22(26)17-9-4-3-5-10-17/h6-8,11-14,17H,3-5,9-10H2,1-2H3,(H,24,26). The Morgan fingerprint density at radius 2 is 1.85 bits per heavy atom. The molecule has 4 rings (SSSR count). The van der Waals surface area contributed by atoms with Crippen molar-refractivity contribution in [2.45, 2.75) is 46.0 Å². The van der Waals surface area contributed by atoms with Gasteiger partial charge in [0, 0.05) is 17.7 Å². The highest BCUT2D eigenvalue weighted by Gasteiger charge is 2.24. The summed E-state index contributed by atoms with van der Waals surface area (Å²) < 4.78 is 2.01. The summed E-state index contributed by atoms with van der Waals surface area (Å²) in [5.74, 6) is 1.03. The van der Waals surface area contributed by atoms with Crippen molar-refractivity contribution in [2.75, 3.05) is 5.32 Å². The van der Waals surface area contributed by atoms with Crippen molar-refractivity contribution in [1.29, 1.82) is 0 Å².